The highest BCUT2D eigenvalue weighted by atomic mass is 16.5. The molecule has 2 aromatic carbocycles. The van der Waals surface area contributed by atoms with Crippen molar-refractivity contribution in [1.82, 2.24) is 0 Å². The van der Waals surface area contributed by atoms with E-state index in [1.165, 1.54) is 25.2 Å². The van der Waals surface area contributed by atoms with E-state index in [2.05, 4.69) is 0 Å². The van der Waals surface area contributed by atoms with Crippen molar-refractivity contribution in [3.8, 4) is 17.2 Å². The van der Waals surface area contributed by atoms with Gasteiger partial charge in [-0.1, -0.05) is 30.7 Å². The van der Waals surface area contributed by atoms with Crippen LogP contribution in [0.25, 0.3) is 0 Å². The largest absolute Gasteiger partial charge is 0.502 e. The zero-order valence-electron chi connectivity index (χ0n) is 23.4. The number of hydrogen-bond acceptors (Lipinski definition) is 7. The van der Waals surface area contributed by atoms with Crippen molar-refractivity contribution in [2.24, 2.45) is 17.8 Å². The molecule has 0 bridgehead atoms. The second-order valence-corrected chi connectivity index (χ2v) is 11.0. The van der Waals surface area contributed by atoms with Crippen LogP contribution in [0.1, 0.15) is 43.7 Å². The summed E-state index contributed by atoms with van der Waals surface area (Å²) in [4.78, 5) is 56.0. The Hall–Kier alpha value is -4.46. The summed E-state index contributed by atoms with van der Waals surface area (Å²) in [6.45, 7) is 3.66. The van der Waals surface area contributed by atoms with E-state index in [4.69, 9.17) is 9.47 Å². The minimum absolute atomic E-state index is 0.161. The van der Waals surface area contributed by atoms with Crippen LogP contribution in [0.4, 0.5) is 5.69 Å². The van der Waals surface area contributed by atoms with Crippen molar-refractivity contribution in [1.29, 1.82) is 0 Å². The Kier molecular flexibility index (Phi) is 6.44. The van der Waals surface area contributed by atoms with Crippen molar-refractivity contribution >= 4 is 29.1 Å². The van der Waals surface area contributed by atoms with E-state index >= 15 is 0 Å². The SMILES string of the molecule is CCc1ccc(N2C(=O)[C@H]3[C@H](CC=C4[C@H](c5cc(OC)c(O)c(OC)c5)C5=C(C[C@H]43)C(=O)C=C(C)C5=O)C2=O)cc1. The monoisotopic (exact) mass is 553 g/mol. The first kappa shape index (κ1) is 26.7. The molecule has 6 rings (SSSR count). The fourth-order valence-corrected chi connectivity index (χ4v) is 6.96. The van der Waals surface area contributed by atoms with Gasteiger partial charge in [-0.25, -0.2) is 0 Å². The van der Waals surface area contributed by atoms with Crippen LogP contribution in [0, 0.1) is 17.8 Å². The summed E-state index contributed by atoms with van der Waals surface area (Å²) < 4.78 is 10.8. The van der Waals surface area contributed by atoms with E-state index in [0.29, 0.717) is 34.4 Å². The Labute approximate surface area is 237 Å². The lowest BCUT2D eigenvalue weighted by Crippen LogP contribution is -2.39. The number of phenols is 1. The van der Waals surface area contributed by atoms with Crippen LogP contribution >= 0.6 is 0 Å². The van der Waals surface area contributed by atoms with E-state index in [-0.39, 0.29) is 47.1 Å². The molecule has 0 aromatic heterocycles. The Morgan fingerprint density at radius 3 is 2.22 bits per heavy atom. The van der Waals surface area contributed by atoms with Crippen LogP contribution < -0.4 is 14.4 Å². The summed E-state index contributed by atoms with van der Waals surface area (Å²) >= 11 is 0. The minimum atomic E-state index is -0.672. The molecule has 2 aromatic rings. The number of benzene rings is 2. The summed E-state index contributed by atoms with van der Waals surface area (Å²) in [5, 5.41) is 10.6. The number of rotatable bonds is 5. The van der Waals surface area contributed by atoms with Gasteiger partial charge in [0.1, 0.15) is 0 Å². The Balaban J connectivity index is 1.49. The molecule has 0 spiro atoms. The van der Waals surface area contributed by atoms with Gasteiger partial charge in [0.15, 0.2) is 23.1 Å². The standard InChI is InChI=1S/C33H31NO7/c1-5-17-6-8-19(9-7-17)34-32(38)21-11-10-20-22(28(21)33(34)39)15-23-24(35)12-16(2)30(36)29(23)27(20)18-13-25(40-3)31(37)26(14-18)41-4/h6-10,12-14,21-22,27-28,37H,5,11,15H2,1-4H3/t21-,22+,27-,28-/m0/s1. The molecule has 2 amide bonds. The molecule has 4 atom stereocenters. The molecule has 0 unspecified atom stereocenters. The molecule has 8 heteroatoms. The maximum Gasteiger partial charge on any atom is 0.238 e. The number of aryl methyl sites for hydroxylation is 1. The topological polar surface area (TPSA) is 110 Å². The molecule has 3 aliphatic carbocycles. The normalized spacial score (nSPS) is 25.4. The number of methoxy groups -OCH3 is 2. The van der Waals surface area contributed by atoms with Gasteiger partial charge in [-0.05, 0) is 73.6 Å². The molecule has 1 heterocycles. The molecule has 0 radical (unpaired) electrons. The number of anilines is 1. The third-order valence-corrected chi connectivity index (χ3v) is 9.00. The van der Waals surface area contributed by atoms with Gasteiger partial charge >= 0.3 is 0 Å². The lowest BCUT2D eigenvalue weighted by Gasteiger charge is -2.42. The van der Waals surface area contributed by atoms with Crippen molar-refractivity contribution < 1.29 is 33.8 Å². The van der Waals surface area contributed by atoms with Crippen molar-refractivity contribution in [2.75, 3.05) is 19.1 Å². The zero-order chi connectivity index (χ0) is 29.2. The molecule has 8 nitrogen and oxygen atoms in total. The number of phenolic OH excluding ortho intramolecular Hbond substituents is 1. The first-order valence-corrected chi connectivity index (χ1v) is 13.8. The number of ketones is 2. The van der Waals surface area contributed by atoms with Gasteiger partial charge in [0.2, 0.25) is 17.6 Å². The van der Waals surface area contributed by atoms with E-state index in [1.807, 2.05) is 25.1 Å². The van der Waals surface area contributed by atoms with Gasteiger partial charge < -0.3 is 14.6 Å². The molecule has 0 saturated carbocycles. The van der Waals surface area contributed by atoms with Crippen LogP contribution in [-0.2, 0) is 25.6 Å². The number of fused-ring (bicyclic) bond motifs is 3. The van der Waals surface area contributed by atoms with Gasteiger partial charge in [-0.3, -0.25) is 24.1 Å². The number of amides is 2. The summed E-state index contributed by atoms with van der Waals surface area (Å²) in [6, 6.07) is 10.7. The average molecular weight is 554 g/mol. The van der Waals surface area contributed by atoms with E-state index in [9.17, 15) is 24.3 Å². The van der Waals surface area contributed by atoms with Crippen LogP contribution in [0.15, 0.2) is 70.8 Å². The van der Waals surface area contributed by atoms with Gasteiger partial charge in [0.05, 0.1) is 31.7 Å². The smallest absolute Gasteiger partial charge is 0.238 e. The average Bonchev–Trinajstić information content (AvgIpc) is 3.24. The molecule has 1 aliphatic heterocycles. The van der Waals surface area contributed by atoms with Gasteiger partial charge in [-0.15, -0.1) is 0 Å². The van der Waals surface area contributed by atoms with Crippen LogP contribution in [0.5, 0.6) is 17.2 Å². The number of aromatic hydroxyl groups is 1. The van der Waals surface area contributed by atoms with Crippen molar-refractivity contribution in [3.63, 3.8) is 0 Å². The van der Waals surface area contributed by atoms with Crippen molar-refractivity contribution in [2.45, 2.75) is 39.0 Å². The number of hydrogen-bond donors (Lipinski definition) is 1. The molecule has 1 N–H and O–H groups in total. The van der Waals surface area contributed by atoms with Crippen molar-refractivity contribution in [3.05, 3.63) is 82.0 Å². The van der Waals surface area contributed by atoms with E-state index in [1.54, 1.807) is 31.2 Å². The fourth-order valence-electron chi connectivity index (χ4n) is 6.96. The predicted molar refractivity (Wildman–Crippen MR) is 151 cm³/mol. The number of carbonyl (C=O) groups is 4. The Morgan fingerprint density at radius 1 is 0.951 bits per heavy atom. The van der Waals surface area contributed by atoms with E-state index < -0.39 is 23.7 Å². The number of imide groups is 1. The van der Waals surface area contributed by atoms with Crippen LogP contribution in [0.3, 0.4) is 0 Å². The highest BCUT2D eigenvalue weighted by Gasteiger charge is 2.56. The van der Waals surface area contributed by atoms with Crippen LogP contribution in [0.2, 0.25) is 0 Å². The second-order valence-electron chi connectivity index (χ2n) is 11.0. The number of carbonyl (C=O) groups excluding carboxylic acids is 4. The Morgan fingerprint density at radius 2 is 1.61 bits per heavy atom. The maximum absolute atomic E-state index is 14.0. The number of nitrogens with zero attached hydrogens (tertiary/aromatic N) is 1. The minimum Gasteiger partial charge on any atom is -0.502 e. The highest BCUT2D eigenvalue weighted by Crippen LogP contribution is 2.56. The summed E-state index contributed by atoms with van der Waals surface area (Å²) in [5.41, 5.74) is 4.14. The predicted octanol–water partition coefficient (Wildman–Crippen LogP) is 4.61. The molecular weight excluding hydrogens is 522 g/mol. The van der Waals surface area contributed by atoms with Gasteiger partial charge in [0.25, 0.3) is 0 Å². The van der Waals surface area contributed by atoms with Gasteiger partial charge in [0, 0.05) is 22.6 Å². The molecule has 1 fully saturated rings. The molecule has 41 heavy (non-hydrogen) atoms. The van der Waals surface area contributed by atoms with Crippen LogP contribution in [-0.4, -0.2) is 42.7 Å². The lowest BCUT2D eigenvalue weighted by molar-refractivity contribution is -0.123. The quantitative estimate of drug-likeness (QED) is 0.327. The van der Waals surface area contributed by atoms with E-state index in [0.717, 1.165) is 17.6 Å². The summed E-state index contributed by atoms with van der Waals surface area (Å²) in [5.74, 6) is -3.23. The fraction of sp³-hybridized carbons (Fsp3) is 0.333. The molecule has 4 aliphatic rings. The lowest BCUT2D eigenvalue weighted by atomic mass is 9.59. The first-order chi connectivity index (χ1) is 19.7. The highest BCUT2D eigenvalue weighted by molar-refractivity contribution is 6.25. The summed E-state index contributed by atoms with van der Waals surface area (Å²) in [6.07, 6.45) is 4.70. The number of Topliss-reactive ketones (excluding diaryl/α,β-unsaturated/α-hetero) is 1. The van der Waals surface area contributed by atoms with Gasteiger partial charge in [-0.2, -0.15) is 0 Å². The summed E-state index contributed by atoms with van der Waals surface area (Å²) in [7, 11) is 2.84. The molecule has 1 saturated heterocycles. The third kappa shape index (κ3) is 3.96. The third-order valence-electron chi connectivity index (χ3n) is 9.00. The maximum atomic E-state index is 14.0. The number of ether oxygens (including phenoxy) is 2. The molecule has 210 valence electrons. The zero-order valence-corrected chi connectivity index (χ0v) is 23.4. The molecular formula is C33H31NO7. The number of allylic oxidation sites excluding steroid dienone is 6. The first-order valence-electron chi connectivity index (χ1n) is 13.8. The Bertz CT molecular complexity index is 1590. The second kappa shape index (κ2) is 9.87.